The number of aryl methyl sites for hydroxylation is 2. The second-order valence-corrected chi connectivity index (χ2v) is 4.39. The molecular formula is C17H18. The fourth-order valence-electron chi connectivity index (χ4n) is 2.12. The lowest BCUT2D eigenvalue weighted by atomic mass is 9.93. The van der Waals surface area contributed by atoms with Gasteiger partial charge in [0.25, 0.3) is 0 Å². The summed E-state index contributed by atoms with van der Waals surface area (Å²) in [5.41, 5.74) is 6.56. The first kappa shape index (κ1) is 11.7. The smallest absolute Gasteiger partial charge is 0.0149 e. The maximum Gasteiger partial charge on any atom is -0.0149 e. The van der Waals surface area contributed by atoms with Gasteiger partial charge in [-0.3, -0.25) is 0 Å². The van der Waals surface area contributed by atoms with E-state index in [9.17, 15) is 0 Å². The third-order valence-corrected chi connectivity index (χ3v) is 3.06. The summed E-state index contributed by atoms with van der Waals surface area (Å²) in [6.45, 7) is 6.41. The number of rotatable bonds is 2. The topological polar surface area (TPSA) is 0 Å². The Hall–Kier alpha value is -1.82. The van der Waals surface area contributed by atoms with Crippen LogP contribution in [-0.4, -0.2) is 0 Å². The van der Waals surface area contributed by atoms with Gasteiger partial charge < -0.3 is 0 Å². The molecule has 0 spiro atoms. The predicted octanol–water partition coefficient (Wildman–Crippen LogP) is 4.76. The fourth-order valence-corrected chi connectivity index (χ4v) is 2.12. The van der Waals surface area contributed by atoms with Crippen LogP contribution in [0.2, 0.25) is 0 Å². The van der Waals surface area contributed by atoms with Crippen molar-refractivity contribution in [1.29, 1.82) is 0 Å². The zero-order valence-electron chi connectivity index (χ0n) is 10.7. The Morgan fingerprint density at radius 3 is 2.29 bits per heavy atom. The van der Waals surface area contributed by atoms with Gasteiger partial charge in [-0.1, -0.05) is 60.2 Å². The molecule has 2 aromatic rings. The minimum absolute atomic E-state index is 1.28. The molecule has 0 aliphatic carbocycles. The largest absolute Gasteiger partial charge is 0.0792 e. The SMILES string of the molecule is C/C=C(/c1ccccc1)c1cc(C)ccc1C. The average molecular weight is 222 g/mol. The highest BCUT2D eigenvalue weighted by Gasteiger charge is 2.06. The number of hydrogen-bond donors (Lipinski definition) is 0. The van der Waals surface area contributed by atoms with E-state index in [0.717, 1.165) is 0 Å². The van der Waals surface area contributed by atoms with Crippen molar-refractivity contribution in [2.75, 3.05) is 0 Å². The fraction of sp³-hybridized carbons (Fsp3) is 0.176. The second kappa shape index (κ2) is 5.01. The summed E-state index contributed by atoms with van der Waals surface area (Å²) in [6, 6.07) is 17.2. The normalized spacial score (nSPS) is 11.6. The standard InChI is InChI=1S/C17H18/c1-4-16(15-8-6-5-7-9-15)17-12-13(2)10-11-14(17)3/h4-12H,1-3H3/b16-4-. The van der Waals surface area contributed by atoms with E-state index in [0.29, 0.717) is 0 Å². The summed E-state index contributed by atoms with van der Waals surface area (Å²) in [5, 5.41) is 0. The van der Waals surface area contributed by atoms with Crippen LogP contribution in [0.25, 0.3) is 5.57 Å². The van der Waals surface area contributed by atoms with Crippen molar-refractivity contribution in [3.63, 3.8) is 0 Å². The van der Waals surface area contributed by atoms with Crippen molar-refractivity contribution in [2.24, 2.45) is 0 Å². The first-order valence-corrected chi connectivity index (χ1v) is 6.01. The Labute approximate surface area is 104 Å². The maximum atomic E-state index is 2.26. The molecule has 0 nitrogen and oxygen atoms in total. The van der Waals surface area contributed by atoms with E-state index in [1.807, 2.05) is 0 Å². The maximum absolute atomic E-state index is 2.26. The Bertz CT molecular complexity index is 533. The molecule has 0 fully saturated rings. The van der Waals surface area contributed by atoms with E-state index in [2.05, 4.69) is 75.4 Å². The second-order valence-electron chi connectivity index (χ2n) is 4.39. The van der Waals surface area contributed by atoms with Crippen molar-refractivity contribution >= 4 is 5.57 Å². The summed E-state index contributed by atoms with van der Waals surface area (Å²) < 4.78 is 0. The number of hydrogen-bond acceptors (Lipinski definition) is 0. The van der Waals surface area contributed by atoms with Crippen LogP contribution in [0, 0.1) is 13.8 Å². The van der Waals surface area contributed by atoms with Gasteiger partial charge in [0.05, 0.1) is 0 Å². The van der Waals surface area contributed by atoms with Crippen LogP contribution in [0.15, 0.2) is 54.6 Å². The Morgan fingerprint density at radius 1 is 0.941 bits per heavy atom. The Balaban J connectivity index is 2.54. The third-order valence-electron chi connectivity index (χ3n) is 3.06. The van der Waals surface area contributed by atoms with E-state index >= 15 is 0 Å². The molecule has 0 aliphatic heterocycles. The lowest BCUT2D eigenvalue weighted by Crippen LogP contribution is -1.92. The summed E-state index contributed by atoms with van der Waals surface area (Å²) in [7, 11) is 0. The molecule has 0 aromatic heterocycles. The van der Waals surface area contributed by atoms with E-state index in [4.69, 9.17) is 0 Å². The third kappa shape index (κ3) is 2.47. The quantitative estimate of drug-likeness (QED) is 0.687. The molecule has 0 N–H and O–H groups in total. The number of allylic oxidation sites excluding steroid dienone is 1. The molecule has 0 saturated carbocycles. The van der Waals surface area contributed by atoms with Crippen molar-refractivity contribution < 1.29 is 0 Å². The van der Waals surface area contributed by atoms with Gasteiger partial charge in [0.1, 0.15) is 0 Å². The molecule has 0 heterocycles. The van der Waals surface area contributed by atoms with E-state index in [1.165, 1.54) is 27.8 Å². The first-order valence-electron chi connectivity index (χ1n) is 6.01. The highest BCUT2D eigenvalue weighted by Crippen LogP contribution is 2.26. The molecule has 0 bridgehead atoms. The van der Waals surface area contributed by atoms with Crippen LogP contribution in [0.1, 0.15) is 29.2 Å². The minimum Gasteiger partial charge on any atom is -0.0792 e. The van der Waals surface area contributed by atoms with Crippen LogP contribution in [0.5, 0.6) is 0 Å². The minimum atomic E-state index is 1.28. The van der Waals surface area contributed by atoms with Crippen molar-refractivity contribution in [1.82, 2.24) is 0 Å². The summed E-state index contributed by atoms with van der Waals surface area (Å²) in [6.07, 6.45) is 2.19. The Kier molecular flexibility index (Phi) is 3.43. The summed E-state index contributed by atoms with van der Waals surface area (Å²) in [4.78, 5) is 0. The molecule has 0 saturated heterocycles. The van der Waals surface area contributed by atoms with Crippen LogP contribution in [0.4, 0.5) is 0 Å². The molecule has 0 atom stereocenters. The lowest BCUT2D eigenvalue weighted by Gasteiger charge is -2.12. The van der Waals surface area contributed by atoms with Crippen LogP contribution in [-0.2, 0) is 0 Å². The van der Waals surface area contributed by atoms with Crippen LogP contribution >= 0.6 is 0 Å². The van der Waals surface area contributed by atoms with Gasteiger partial charge in [-0.05, 0) is 43.0 Å². The molecule has 86 valence electrons. The van der Waals surface area contributed by atoms with Gasteiger partial charge in [-0.2, -0.15) is 0 Å². The zero-order valence-corrected chi connectivity index (χ0v) is 10.7. The van der Waals surface area contributed by atoms with Gasteiger partial charge >= 0.3 is 0 Å². The van der Waals surface area contributed by atoms with Gasteiger partial charge in [0, 0.05) is 0 Å². The Morgan fingerprint density at radius 2 is 1.65 bits per heavy atom. The van der Waals surface area contributed by atoms with Crippen LogP contribution < -0.4 is 0 Å². The van der Waals surface area contributed by atoms with Gasteiger partial charge in [0.15, 0.2) is 0 Å². The summed E-state index contributed by atoms with van der Waals surface area (Å²) >= 11 is 0. The average Bonchev–Trinajstić information content (AvgIpc) is 2.36. The number of benzene rings is 2. The molecule has 0 amide bonds. The van der Waals surface area contributed by atoms with Crippen LogP contribution in [0.3, 0.4) is 0 Å². The molecule has 2 aromatic carbocycles. The van der Waals surface area contributed by atoms with Gasteiger partial charge in [0.2, 0.25) is 0 Å². The first-order chi connectivity index (χ1) is 8.22. The molecular weight excluding hydrogens is 204 g/mol. The molecule has 0 unspecified atom stereocenters. The molecule has 0 aliphatic rings. The van der Waals surface area contributed by atoms with Crippen molar-refractivity contribution in [3.8, 4) is 0 Å². The highest BCUT2D eigenvalue weighted by atomic mass is 14.1. The molecule has 0 radical (unpaired) electrons. The highest BCUT2D eigenvalue weighted by molar-refractivity contribution is 5.81. The van der Waals surface area contributed by atoms with Gasteiger partial charge in [-0.25, -0.2) is 0 Å². The zero-order chi connectivity index (χ0) is 12.3. The van der Waals surface area contributed by atoms with E-state index in [1.54, 1.807) is 0 Å². The molecule has 0 heteroatoms. The van der Waals surface area contributed by atoms with Crippen molar-refractivity contribution in [2.45, 2.75) is 20.8 Å². The van der Waals surface area contributed by atoms with E-state index < -0.39 is 0 Å². The predicted molar refractivity (Wildman–Crippen MR) is 75.1 cm³/mol. The molecule has 17 heavy (non-hydrogen) atoms. The monoisotopic (exact) mass is 222 g/mol. The van der Waals surface area contributed by atoms with Crippen molar-refractivity contribution in [3.05, 3.63) is 76.9 Å². The summed E-state index contributed by atoms with van der Waals surface area (Å²) in [5.74, 6) is 0. The lowest BCUT2D eigenvalue weighted by molar-refractivity contribution is 1.35. The van der Waals surface area contributed by atoms with E-state index in [-0.39, 0.29) is 0 Å². The van der Waals surface area contributed by atoms with Gasteiger partial charge in [-0.15, -0.1) is 0 Å². The molecule has 2 rings (SSSR count).